The van der Waals surface area contributed by atoms with Gasteiger partial charge in [-0.25, -0.2) is 8.42 Å². The van der Waals surface area contributed by atoms with Crippen LogP contribution in [-0.2, 0) is 14.8 Å². The summed E-state index contributed by atoms with van der Waals surface area (Å²) in [7, 11) is -3.63. The first-order chi connectivity index (χ1) is 13.3. The molecule has 0 radical (unpaired) electrons. The van der Waals surface area contributed by atoms with Gasteiger partial charge in [0.25, 0.3) is 0 Å². The van der Waals surface area contributed by atoms with Gasteiger partial charge in [0, 0.05) is 4.90 Å². The summed E-state index contributed by atoms with van der Waals surface area (Å²) in [5, 5.41) is 10.6. The molecular weight excluding hydrogens is 416 g/mol. The number of hydrogen-bond acceptors (Lipinski definition) is 7. The van der Waals surface area contributed by atoms with Crippen LogP contribution in [0, 0.1) is 6.92 Å². The van der Waals surface area contributed by atoms with Crippen molar-refractivity contribution in [2.24, 2.45) is 0 Å². The van der Waals surface area contributed by atoms with E-state index in [1.165, 1.54) is 23.1 Å². The zero-order chi connectivity index (χ0) is 20.1. The van der Waals surface area contributed by atoms with E-state index in [9.17, 15) is 13.2 Å². The number of nitrogens with zero attached hydrogens (tertiary/aromatic N) is 3. The zero-order valence-corrected chi connectivity index (χ0v) is 17.6. The molecule has 3 rings (SSSR count). The number of carbonyl (C=O) groups is 1. The van der Waals surface area contributed by atoms with E-state index < -0.39 is 15.9 Å². The SMILES string of the molecule is Cc1ccccc1N(CC(=O)Nc1ccccc1Sc1nncs1)S(C)(=O)=O. The summed E-state index contributed by atoms with van der Waals surface area (Å²) >= 11 is 2.78. The van der Waals surface area contributed by atoms with Gasteiger partial charge in [-0.3, -0.25) is 9.10 Å². The van der Waals surface area contributed by atoms with Gasteiger partial charge in [-0.2, -0.15) is 0 Å². The Morgan fingerprint density at radius 2 is 1.89 bits per heavy atom. The minimum atomic E-state index is -3.63. The molecule has 0 fully saturated rings. The summed E-state index contributed by atoms with van der Waals surface area (Å²) < 4.78 is 26.4. The van der Waals surface area contributed by atoms with Gasteiger partial charge in [-0.05, 0) is 30.7 Å². The quantitative estimate of drug-likeness (QED) is 0.613. The highest BCUT2D eigenvalue weighted by Gasteiger charge is 2.22. The monoisotopic (exact) mass is 434 g/mol. The van der Waals surface area contributed by atoms with Crippen molar-refractivity contribution in [1.82, 2.24) is 10.2 Å². The van der Waals surface area contributed by atoms with E-state index in [4.69, 9.17) is 0 Å². The normalized spacial score (nSPS) is 11.2. The van der Waals surface area contributed by atoms with Gasteiger partial charge in [0.2, 0.25) is 15.9 Å². The van der Waals surface area contributed by atoms with E-state index >= 15 is 0 Å². The van der Waals surface area contributed by atoms with Crippen molar-refractivity contribution in [2.45, 2.75) is 16.2 Å². The van der Waals surface area contributed by atoms with Crippen molar-refractivity contribution in [3.63, 3.8) is 0 Å². The summed E-state index contributed by atoms with van der Waals surface area (Å²) in [5.74, 6) is -0.431. The van der Waals surface area contributed by atoms with Crippen LogP contribution in [0.5, 0.6) is 0 Å². The number of aromatic nitrogens is 2. The largest absolute Gasteiger partial charge is 0.323 e. The van der Waals surface area contributed by atoms with Crippen LogP contribution < -0.4 is 9.62 Å². The molecule has 0 aliphatic carbocycles. The molecule has 10 heteroatoms. The summed E-state index contributed by atoms with van der Waals surface area (Å²) in [4.78, 5) is 13.5. The van der Waals surface area contributed by atoms with Crippen LogP contribution in [0.2, 0.25) is 0 Å². The Kier molecular flexibility index (Phi) is 6.32. The number of hydrogen-bond donors (Lipinski definition) is 1. The molecule has 0 bridgehead atoms. The number of amides is 1. The fourth-order valence-electron chi connectivity index (χ4n) is 2.50. The van der Waals surface area contributed by atoms with Gasteiger partial charge >= 0.3 is 0 Å². The molecular formula is C18H18N4O3S3. The lowest BCUT2D eigenvalue weighted by molar-refractivity contribution is -0.114. The van der Waals surface area contributed by atoms with Crippen molar-refractivity contribution in [2.75, 3.05) is 22.4 Å². The molecule has 0 spiro atoms. The van der Waals surface area contributed by atoms with E-state index in [1.807, 2.05) is 18.2 Å². The number of aryl methyl sites for hydroxylation is 1. The fourth-order valence-corrected chi connectivity index (χ4v) is 4.94. The van der Waals surface area contributed by atoms with Crippen molar-refractivity contribution in [3.8, 4) is 0 Å². The Morgan fingerprint density at radius 3 is 2.57 bits per heavy atom. The molecule has 1 aromatic heterocycles. The Hall–Kier alpha value is -2.43. The lowest BCUT2D eigenvalue weighted by Gasteiger charge is -2.23. The third kappa shape index (κ3) is 5.09. The lowest BCUT2D eigenvalue weighted by atomic mass is 10.2. The Bertz CT molecular complexity index is 1070. The number of sulfonamides is 1. The Labute approximate surface area is 171 Å². The van der Waals surface area contributed by atoms with Crippen LogP contribution in [0.1, 0.15) is 5.56 Å². The first-order valence-corrected chi connectivity index (χ1v) is 11.8. The smallest absolute Gasteiger partial charge is 0.245 e. The topological polar surface area (TPSA) is 92.3 Å². The molecule has 2 aromatic carbocycles. The molecule has 28 heavy (non-hydrogen) atoms. The van der Waals surface area contributed by atoms with E-state index in [2.05, 4.69) is 15.5 Å². The number of carbonyl (C=O) groups excluding carboxylic acids is 1. The van der Waals surface area contributed by atoms with E-state index in [1.54, 1.807) is 42.8 Å². The van der Waals surface area contributed by atoms with Crippen LogP contribution in [0.4, 0.5) is 11.4 Å². The molecule has 146 valence electrons. The average molecular weight is 435 g/mol. The van der Waals surface area contributed by atoms with Crippen LogP contribution in [-0.4, -0.2) is 37.3 Å². The van der Waals surface area contributed by atoms with Gasteiger partial charge in [0.1, 0.15) is 12.1 Å². The van der Waals surface area contributed by atoms with Crippen LogP contribution in [0.15, 0.2) is 63.3 Å². The Morgan fingerprint density at radius 1 is 1.18 bits per heavy atom. The van der Waals surface area contributed by atoms with E-state index in [-0.39, 0.29) is 6.54 Å². The summed E-state index contributed by atoms with van der Waals surface area (Å²) in [5.41, 5.74) is 3.48. The fraction of sp³-hybridized carbons (Fsp3) is 0.167. The second kappa shape index (κ2) is 8.72. The van der Waals surface area contributed by atoms with Gasteiger partial charge in [0.15, 0.2) is 4.34 Å². The summed E-state index contributed by atoms with van der Waals surface area (Å²) in [6.07, 6.45) is 1.09. The molecule has 0 aliphatic heterocycles. The number of benzene rings is 2. The third-order valence-corrected chi connectivity index (χ3v) is 6.75. The highest BCUT2D eigenvalue weighted by molar-refractivity contribution is 8.01. The molecule has 0 atom stereocenters. The highest BCUT2D eigenvalue weighted by Crippen LogP contribution is 2.34. The Balaban J connectivity index is 1.80. The maximum Gasteiger partial charge on any atom is 0.245 e. The van der Waals surface area contributed by atoms with E-state index in [0.717, 1.165) is 25.4 Å². The highest BCUT2D eigenvalue weighted by atomic mass is 32.2. The van der Waals surface area contributed by atoms with Gasteiger partial charge in [-0.1, -0.05) is 53.4 Å². The molecule has 0 saturated carbocycles. The maximum atomic E-state index is 12.7. The maximum absolute atomic E-state index is 12.7. The standard InChI is InChI=1S/C18H18N4O3S3/c1-13-7-3-5-9-15(13)22(28(2,24)25)11-17(23)20-14-8-4-6-10-16(14)27-18-21-19-12-26-18/h3-10,12H,11H2,1-2H3,(H,20,23). The molecule has 7 nitrogen and oxygen atoms in total. The molecule has 1 amide bonds. The van der Waals surface area contributed by atoms with Crippen molar-refractivity contribution >= 4 is 50.4 Å². The molecule has 1 N–H and O–H groups in total. The number of rotatable bonds is 7. The summed E-state index contributed by atoms with van der Waals surface area (Å²) in [6, 6.07) is 14.3. The second-order valence-corrected chi connectivity index (χ2v) is 9.94. The number of nitrogens with one attached hydrogen (secondary N) is 1. The van der Waals surface area contributed by atoms with Gasteiger partial charge < -0.3 is 5.32 Å². The third-order valence-electron chi connectivity index (χ3n) is 3.77. The number of anilines is 2. The van der Waals surface area contributed by atoms with Gasteiger partial charge in [0.05, 0.1) is 17.6 Å². The lowest BCUT2D eigenvalue weighted by Crippen LogP contribution is -2.37. The minimum Gasteiger partial charge on any atom is -0.323 e. The van der Waals surface area contributed by atoms with E-state index in [0.29, 0.717) is 11.4 Å². The van der Waals surface area contributed by atoms with Crippen molar-refractivity contribution < 1.29 is 13.2 Å². The zero-order valence-electron chi connectivity index (χ0n) is 15.2. The average Bonchev–Trinajstić information content (AvgIpc) is 3.14. The van der Waals surface area contributed by atoms with Crippen molar-refractivity contribution in [3.05, 3.63) is 59.6 Å². The summed E-state index contributed by atoms with van der Waals surface area (Å²) in [6.45, 7) is 1.49. The first kappa shape index (κ1) is 20.3. The minimum absolute atomic E-state index is 0.318. The van der Waals surface area contributed by atoms with Gasteiger partial charge in [-0.15, -0.1) is 10.2 Å². The predicted octanol–water partition coefficient (Wildman–Crippen LogP) is 3.40. The predicted molar refractivity (Wildman–Crippen MR) is 112 cm³/mol. The van der Waals surface area contributed by atoms with Crippen molar-refractivity contribution in [1.29, 1.82) is 0 Å². The van der Waals surface area contributed by atoms with Crippen LogP contribution >= 0.6 is 23.1 Å². The molecule has 3 aromatic rings. The molecule has 0 aliphatic rings. The molecule has 0 unspecified atom stereocenters. The van der Waals surface area contributed by atoms with Crippen LogP contribution in [0.25, 0.3) is 0 Å². The molecule has 1 heterocycles. The number of para-hydroxylation sites is 2. The molecule has 0 saturated heterocycles. The van der Waals surface area contributed by atoms with Crippen LogP contribution in [0.3, 0.4) is 0 Å². The second-order valence-electron chi connectivity index (χ2n) is 5.91. The first-order valence-electron chi connectivity index (χ1n) is 8.21.